The first-order valence-electron chi connectivity index (χ1n) is 8.31. The Labute approximate surface area is 147 Å². The summed E-state index contributed by atoms with van der Waals surface area (Å²) < 4.78 is 13.9. The third-order valence-electron chi connectivity index (χ3n) is 4.19. The van der Waals surface area contributed by atoms with Gasteiger partial charge in [-0.2, -0.15) is 0 Å². The van der Waals surface area contributed by atoms with Crippen LogP contribution in [0.1, 0.15) is 12.0 Å². The first-order chi connectivity index (χ1) is 12.1. The van der Waals surface area contributed by atoms with Crippen LogP contribution in [0.5, 0.6) is 0 Å². The number of carbonyl (C=O) groups excluding carboxylic acids is 2. The Kier molecular flexibility index (Phi) is 6.89. The minimum Gasteiger partial charge on any atom is -0.353 e. The lowest BCUT2D eigenvalue weighted by Crippen LogP contribution is -2.56. The zero-order valence-electron chi connectivity index (χ0n) is 14.3. The zero-order valence-corrected chi connectivity index (χ0v) is 14.3. The molecule has 0 saturated carbocycles. The van der Waals surface area contributed by atoms with E-state index in [1.165, 1.54) is 6.07 Å². The van der Waals surface area contributed by atoms with Crippen LogP contribution in [0.15, 0.2) is 49.6 Å². The highest BCUT2D eigenvalue weighted by atomic mass is 19.1. The van der Waals surface area contributed by atoms with Crippen molar-refractivity contribution in [1.82, 2.24) is 15.1 Å². The van der Waals surface area contributed by atoms with Gasteiger partial charge >= 0.3 is 0 Å². The largest absolute Gasteiger partial charge is 0.353 e. The van der Waals surface area contributed by atoms with Gasteiger partial charge in [-0.05, 0) is 6.07 Å². The first-order valence-corrected chi connectivity index (χ1v) is 8.31. The van der Waals surface area contributed by atoms with Gasteiger partial charge in [0.15, 0.2) is 0 Å². The highest BCUT2D eigenvalue weighted by molar-refractivity contribution is 5.89. The van der Waals surface area contributed by atoms with E-state index < -0.39 is 6.04 Å². The average molecular weight is 345 g/mol. The molecule has 1 aliphatic rings. The van der Waals surface area contributed by atoms with Crippen molar-refractivity contribution in [3.05, 3.63) is 61.0 Å². The van der Waals surface area contributed by atoms with Gasteiger partial charge in [0.05, 0.1) is 12.5 Å². The average Bonchev–Trinajstić information content (AvgIpc) is 2.59. The van der Waals surface area contributed by atoms with E-state index in [0.29, 0.717) is 38.3 Å². The van der Waals surface area contributed by atoms with Crippen LogP contribution < -0.4 is 5.32 Å². The van der Waals surface area contributed by atoms with Crippen molar-refractivity contribution < 1.29 is 14.0 Å². The zero-order chi connectivity index (χ0) is 18.2. The molecule has 1 aromatic carbocycles. The summed E-state index contributed by atoms with van der Waals surface area (Å²) in [6.45, 7) is 9.44. The molecule has 1 fully saturated rings. The summed E-state index contributed by atoms with van der Waals surface area (Å²) in [5.74, 6) is -0.660. The van der Waals surface area contributed by atoms with Gasteiger partial charge in [-0.25, -0.2) is 4.39 Å². The Hall–Kier alpha value is -2.47. The van der Waals surface area contributed by atoms with Crippen LogP contribution in [0, 0.1) is 5.82 Å². The third kappa shape index (κ3) is 5.00. The Morgan fingerprint density at radius 2 is 2.00 bits per heavy atom. The molecular weight excluding hydrogens is 321 g/mol. The summed E-state index contributed by atoms with van der Waals surface area (Å²) in [6, 6.07) is 5.87. The standard InChI is InChI=1S/C19H24FN3O2/c1-3-10-22(11-4-2)18(24)13-17-19(25)21-9-12-23(17)14-15-7-5-6-8-16(15)20/h3-8,17H,1-2,9-14H2,(H,21,25)/t17-/m0/s1. The van der Waals surface area contributed by atoms with E-state index in [9.17, 15) is 14.0 Å². The summed E-state index contributed by atoms with van der Waals surface area (Å²) in [6.07, 6.45) is 3.32. The highest BCUT2D eigenvalue weighted by Crippen LogP contribution is 2.17. The molecule has 1 heterocycles. The summed E-state index contributed by atoms with van der Waals surface area (Å²) in [7, 11) is 0. The number of carbonyl (C=O) groups is 2. The molecule has 0 unspecified atom stereocenters. The second-order valence-corrected chi connectivity index (χ2v) is 5.95. The van der Waals surface area contributed by atoms with E-state index in [-0.39, 0.29) is 24.1 Å². The SMILES string of the molecule is C=CCN(CC=C)C(=O)C[C@H]1C(=O)NCCN1Cc1ccccc1F. The lowest BCUT2D eigenvalue weighted by molar-refractivity contribution is -0.138. The molecule has 1 aromatic rings. The molecule has 0 bridgehead atoms. The molecule has 0 radical (unpaired) electrons. The molecule has 0 spiro atoms. The number of nitrogens with one attached hydrogen (secondary N) is 1. The number of amides is 2. The number of halogens is 1. The van der Waals surface area contributed by atoms with E-state index in [1.54, 1.807) is 35.3 Å². The molecule has 5 nitrogen and oxygen atoms in total. The van der Waals surface area contributed by atoms with Gasteiger partial charge in [0.2, 0.25) is 11.8 Å². The van der Waals surface area contributed by atoms with E-state index in [0.717, 1.165) is 0 Å². The van der Waals surface area contributed by atoms with Crippen LogP contribution in [0.3, 0.4) is 0 Å². The molecule has 2 rings (SSSR count). The minimum atomic E-state index is -0.613. The molecule has 1 aliphatic heterocycles. The number of hydrogen-bond acceptors (Lipinski definition) is 3. The van der Waals surface area contributed by atoms with E-state index in [1.807, 2.05) is 4.90 Å². The molecule has 2 amide bonds. The molecular formula is C19H24FN3O2. The molecule has 0 aliphatic carbocycles. The smallest absolute Gasteiger partial charge is 0.237 e. The maximum atomic E-state index is 13.9. The van der Waals surface area contributed by atoms with Gasteiger partial charge in [-0.3, -0.25) is 14.5 Å². The van der Waals surface area contributed by atoms with Crippen LogP contribution in [0.25, 0.3) is 0 Å². The quantitative estimate of drug-likeness (QED) is 0.730. The van der Waals surface area contributed by atoms with Gasteiger partial charge in [-0.1, -0.05) is 30.4 Å². The fourth-order valence-corrected chi connectivity index (χ4v) is 2.90. The van der Waals surface area contributed by atoms with Crippen molar-refractivity contribution in [2.24, 2.45) is 0 Å². The molecule has 1 N–H and O–H groups in total. The molecule has 134 valence electrons. The Bertz CT molecular complexity index is 637. The van der Waals surface area contributed by atoms with Gasteiger partial charge in [0, 0.05) is 38.3 Å². The van der Waals surface area contributed by atoms with Crippen LogP contribution in [0.4, 0.5) is 4.39 Å². The Morgan fingerprint density at radius 1 is 1.32 bits per heavy atom. The maximum Gasteiger partial charge on any atom is 0.237 e. The van der Waals surface area contributed by atoms with Crippen molar-refractivity contribution in [2.75, 3.05) is 26.2 Å². The van der Waals surface area contributed by atoms with Crippen LogP contribution in [0.2, 0.25) is 0 Å². The second-order valence-electron chi connectivity index (χ2n) is 5.95. The fraction of sp³-hybridized carbons (Fsp3) is 0.368. The highest BCUT2D eigenvalue weighted by Gasteiger charge is 2.33. The Balaban J connectivity index is 2.12. The number of hydrogen-bond donors (Lipinski definition) is 1. The third-order valence-corrected chi connectivity index (χ3v) is 4.19. The van der Waals surface area contributed by atoms with Crippen LogP contribution in [-0.4, -0.2) is 53.8 Å². The number of piperazine rings is 1. The first kappa shape index (κ1) is 18.9. The summed E-state index contributed by atoms with van der Waals surface area (Å²) >= 11 is 0. The molecule has 25 heavy (non-hydrogen) atoms. The number of nitrogens with zero attached hydrogens (tertiary/aromatic N) is 2. The van der Waals surface area contributed by atoms with Crippen molar-refractivity contribution in [3.8, 4) is 0 Å². The lowest BCUT2D eigenvalue weighted by Gasteiger charge is -2.35. The normalized spacial score (nSPS) is 17.6. The maximum absolute atomic E-state index is 13.9. The van der Waals surface area contributed by atoms with Crippen LogP contribution >= 0.6 is 0 Å². The van der Waals surface area contributed by atoms with Crippen molar-refractivity contribution in [1.29, 1.82) is 0 Å². The van der Waals surface area contributed by atoms with Crippen LogP contribution in [-0.2, 0) is 16.1 Å². The molecule has 1 atom stereocenters. The predicted octanol–water partition coefficient (Wildman–Crippen LogP) is 1.72. The monoisotopic (exact) mass is 345 g/mol. The van der Waals surface area contributed by atoms with Gasteiger partial charge in [0.25, 0.3) is 0 Å². The van der Waals surface area contributed by atoms with Gasteiger partial charge in [-0.15, -0.1) is 13.2 Å². The topological polar surface area (TPSA) is 52.7 Å². The molecule has 0 aromatic heterocycles. The Morgan fingerprint density at radius 3 is 2.64 bits per heavy atom. The van der Waals surface area contributed by atoms with Gasteiger partial charge < -0.3 is 10.2 Å². The predicted molar refractivity (Wildman–Crippen MR) is 95.2 cm³/mol. The summed E-state index contributed by atoms with van der Waals surface area (Å²) in [4.78, 5) is 28.3. The van der Waals surface area contributed by atoms with Gasteiger partial charge in [0.1, 0.15) is 5.82 Å². The molecule has 6 heteroatoms. The number of benzene rings is 1. The van der Waals surface area contributed by atoms with E-state index in [2.05, 4.69) is 18.5 Å². The summed E-state index contributed by atoms with van der Waals surface area (Å²) in [5, 5.41) is 2.79. The number of rotatable bonds is 8. The van der Waals surface area contributed by atoms with Crippen molar-refractivity contribution >= 4 is 11.8 Å². The summed E-state index contributed by atoms with van der Waals surface area (Å²) in [5.41, 5.74) is 0.517. The van der Waals surface area contributed by atoms with E-state index in [4.69, 9.17) is 0 Å². The lowest BCUT2D eigenvalue weighted by atomic mass is 10.1. The fourth-order valence-electron chi connectivity index (χ4n) is 2.90. The van der Waals surface area contributed by atoms with Crippen molar-refractivity contribution in [2.45, 2.75) is 19.0 Å². The molecule has 1 saturated heterocycles. The minimum absolute atomic E-state index is 0.0436. The van der Waals surface area contributed by atoms with Crippen molar-refractivity contribution in [3.63, 3.8) is 0 Å². The second kappa shape index (κ2) is 9.13. The van der Waals surface area contributed by atoms with E-state index >= 15 is 0 Å².